The molecule has 20 nitrogen and oxygen atoms in total. The molecule has 0 bridgehead atoms. The number of aromatic carboxylic acids is 1. The van der Waals surface area contributed by atoms with Crippen LogP contribution in [0.5, 0.6) is 5.75 Å². The Morgan fingerprint density at radius 3 is 2.18 bits per heavy atom. The van der Waals surface area contributed by atoms with Crippen molar-refractivity contribution in [3.8, 4) is 5.75 Å². The molecule has 60 heavy (non-hydrogen) atoms. The van der Waals surface area contributed by atoms with Crippen LogP contribution < -0.4 is 15.6 Å². The zero-order chi connectivity index (χ0) is 43.7. The van der Waals surface area contributed by atoms with Crippen molar-refractivity contribution in [3.63, 3.8) is 0 Å². The van der Waals surface area contributed by atoms with E-state index < -0.39 is 75.8 Å². The molecule has 0 aliphatic carbocycles. The van der Waals surface area contributed by atoms with Crippen molar-refractivity contribution in [1.29, 1.82) is 0 Å². The van der Waals surface area contributed by atoms with Crippen molar-refractivity contribution in [2.75, 3.05) is 40.8 Å². The van der Waals surface area contributed by atoms with Crippen LogP contribution in [-0.4, -0.2) is 91.9 Å². The van der Waals surface area contributed by atoms with Gasteiger partial charge in [-0.1, -0.05) is 61.5 Å². The fourth-order valence-electron chi connectivity index (χ4n) is 5.35. The number of phenolic OH excluding ortho intramolecular Hbond substituents is 1. The van der Waals surface area contributed by atoms with Gasteiger partial charge in [-0.3, -0.25) is 14.2 Å². The van der Waals surface area contributed by atoms with Crippen LogP contribution in [0.2, 0.25) is 0 Å². The maximum absolute atomic E-state index is 15.1. The van der Waals surface area contributed by atoms with E-state index in [4.69, 9.17) is 0 Å². The molecule has 5 aromatic rings. The number of aromatic hydroxyl groups is 1. The van der Waals surface area contributed by atoms with E-state index in [0.29, 0.717) is 12.1 Å². The van der Waals surface area contributed by atoms with Gasteiger partial charge in [-0.15, -0.1) is 10.2 Å². The second-order valence-corrected chi connectivity index (χ2v) is 17.9. The summed E-state index contributed by atoms with van der Waals surface area (Å²) in [6.45, 7) is 1.54. The summed E-state index contributed by atoms with van der Waals surface area (Å²) >= 11 is 0. The molecule has 5 rings (SSSR count). The van der Waals surface area contributed by atoms with Gasteiger partial charge in [-0.25, -0.2) is 13.2 Å². The number of carboxylic acid groups (broad SMARTS) is 1. The number of nitrogens with one attached hydrogen (secondary N) is 2. The van der Waals surface area contributed by atoms with Gasteiger partial charge >= 0.3 is 12.0 Å². The van der Waals surface area contributed by atoms with E-state index in [1.807, 2.05) is 0 Å². The highest BCUT2D eigenvalue weighted by Gasteiger charge is 2.23. The largest absolute Gasteiger partial charge is 0.504 e. The van der Waals surface area contributed by atoms with Crippen molar-refractivity contribution in [1.82, 2.24) is 15.0 Å². The van der Waals surface area contributed by atoms with E-state index in [-0.39, 0.29) is 52.2 Å². The first-order chi connectivity index (χ1) is 28.4. The standard InChI is InChI=1S/C36H36FN9O11S3/c1-3-17-58(50,51)18-16-46(25-12-8-5-9-13-25)36-40-34(37)39-35(41-36)38-29-20-26(60(55,56)57-2)21-30(31(29)47)43-45-32(24-10-6-4-7-11-24)44-42-28-19-23(22-59(52,53)54)14-15-27(28)33(48)49/h4-15,19-21,43,47H,3,16-18,22H2,1-2H3,(H,48,49)(H,52,53,54)(H,38,39,40,41). The van der Waals surface area contributed by atoms with Crippen LogP contribution in [0.1, 0.15) is 34.8 Å². The summed E-state index contributed by atoms with van der Waals surface area (Å²) in [5.74, 6) is -4.51. The summed E-state index contributed by atoms with van der Waals surface area (Å²) in [6.07, 6.45) is -0.928. The molecule has 24 heteroatoms. The third-order valence-corrected chi connectivity index (χ3v) is 11.9. The van der Waals surface area contributed by atoms with Gasteiger partial charge in [0, 0.05) is 23.5 Å². The lowest BCUT2D eigenvalue weighted by molar-refractivity contribution is 0.0697. The number of halogens is 1. The highest BCUT2D eigenvalue weighted by Crippen LogP contribution is 2.37. The molecule has 0 aliphatic heterocycles. The molecule has 0 spiro atoms. The summed E-state index contributed by atoms with van der Waals surface area (Å²) in [7, 11) is -11.6. The van der Waals surface area contributed by atoms with Crippen molar-refractivity contribution in [2.45, 2.75) is 24.0 Å². The number of rotatable bonds is 18. The van der Waals surface area contributed by atoms with Crippen molar-refractivity contribution < 1.29 is 53.4 Å². The van der Waals surface area contributed by atoms with Gasteiger partial charge in [0.25, 0.3) is 20.2 Å². The molecule has 1 aromatic heterocycles. The molecule has 4 aromatic carbocycles. The molecule has 0 radical (unpaired) electrons. The lowest BCUT2D eigenvalue weighted by Gasteiger charge is -2.23. The van der Waals surface area contributed by atoms with Crippen LogP contribution in [0.25, 0.3) is 0 Å². The summed E-state index contributed by atoms with van der Waals surface area (Å²) in [5.41, 5.74) is 1.67. The van der Waals surface area contributed by atoms with Crippen LogP contribution in [0, 0.1) is 6.08 Å². The number of benzene rings is 4. The first-order valence-electron chi connectivity index (χ1n) is 17.4. The van der Waals surface area contributed by atoms with Gasteiger partial charge in [0.2, 0.25) is 17.7 Å². The summed E-state index contributed by atoms with van der Waals surface area (Å²) in [6, 6.07) is 21.4. The Labute approximate surface area is 343 Å². The molecule has 0 amide bonds. The van der Waals surface area contributed by atoms with Crippen LogP contribution in [-0.2, 0) is 40.0 Å². The zero-order valence-corrected chi connectivity index (χ0v) is 34.0. The maximum Gasteiger partial charge on any atom is 0.337 e. The molecule has 0 unspecified atom stereocenters. The summed E-state index contributed by atoms with van der Waals surface area (Å²) in [5, 5.41) is 35.9. The summed E-state index contributed by atoms with van der Waals surface area (Å²) < 4.78 is 103. The quantitative estimate of drug-likeness (QED) is 0.0140. The first-order valence-corrected chi connectivity index (χ1v) is 22.2. The number of hydrogen-bond donors (Lipinski definition) is 5. The number of sulfone groups is 1. The SMILES string of the molecule is CCCS(=O)(=O)CCN(c1ccccc1)c1nc(F)nc(Nc2cc(S(=O)(=O)OC)cc(NN=C(N=Nc3cc(CS(=O)(=O)O)ccc3C(=O)O)c3ccccc3)c2O)n1. The average Bonchev–Trinajstić information content (AvgIpc) is 3.19. The van der Waals surface area contributed by atoms with E-state index in [0.717, 1.165) is 31.4 Å². The maximum atomic E-state index is 15.1. The number of carbonyl (C=O) groups is 1. The number of para-hydroxylation sites is 1. The van der Waals surface area contributed by atoms with Gasteiger partial charge in [-0.2, -0.15) is 41.3 Å². The fourth-order valence-corrected chi connectivity index (χ4v) is 7.95. The third kappa shape index (κ3) is 12.0. The van der Waals surface area contributed by atoms with Gasteiger partial charge in [0.15, 0.2) is 15.6 Å². The second-order valence-electron chi connectivity index (χ2n) is 12.5. The summed E-state index contributed by atoms with van der Waals surface area (Å²) in [4.78, 5) is 24.4. The lowest BCUT2D eigenvalue weighted by Crippen LogP contribution is -2.28. The molecular weight excluding hydrogens is 850 g/mol. The second kappa shape index (κ2) is 19.1. The van der Waals surface area contributed by atoms with E-state index in [2.05, 4.69) is 45.2 Å². The number of hydrazone groups is 1. The number of aromatic nitrogens is 3. The number of nitrogens with zero attached hydrogens (tertiary/aromatic N) is 7. The molecular formula is C36H36FN9O11S3. The molecule has 5 N–H and O–H groups in total. The molecule has 0 aliphatic rings. The third-order valence-electron chi connectivity index (χ3n) is 8.09. The first kappa shape index (κ1) is 44.6. The number of anilines is 5. The van der Waals surface area contributed by atoms with Crippen LogP contribution in [0.15, 0.2) is 111 Å². The Hall–Kier alpha value is -6.47. The number of hydrogen-bond acceptors (Lipinski definition) is 17. The zero-order valence-electron chi connectivity index (χ0n) is 31.5. The molecule has 0 atom stereocenters. The molecule has 0 fully saturated rings. The minimum Gasteiger partial charge on any atom is -0.504 e. The van der Waals surface area contributed by atoms with Crippen molar-refractivity contribution in [3.05, 3.63) is 114 Å². The van der Waals surface area contributed by atoms with Gasteiger partial charge in [0.05, 0.1) is 29.0 Å². The molecule has 1 heterocycles. The fraction of sp³-hybridized carbons (Fsp3) is 0.194. The topological polar surface area (TPSA) is 292 Å². The Kier molecular flexibility index (Phi) is 14.2. The van der Waals surface area contributed by atoms with E-state index >= 15 is 4.39 Å². The monoisotopic (exact) mass is 885 g/mol. The highest BCUT2D eigenvalue weighted by molar-refractivity contribution is 7.91. The number of carboxylic acids is 1. The Morgan fingerprint density at radius 2 is 1.55 bits per heavy atom. The smallest absolute Gasteiger partial charge is 0.337 e. The Bertz CT molecular complexity index is 2760. The minimum absolute atomic E-state index is 0.00762. The van der Waals surface area contributed by atoms with Crippen molar-refractivity contribution >= 4 is 76.5 Å². The van der Waals surface area contributed by atoms with Gasteiger partial charge in [0.1, 0.15) is 17.1 Å². The molecule has 316 valence electrons. The predicted octanol–water partition coefficient (Wildman–Crippen LogP) is 5.40. The van der Waals surface area contributed by atoms with Crippen LogP contribution in [0.3, 0.4) is 0 Å². The lowest BCUT2D eigenvalue weighted by atomic mass is 10.1. The number of amidine groups is 1. The van der Waals surface area contributed by atoms with Crippen LogP contribution >= 0.6 is 0 Å². The van der Waals surface area contributed by atoms with Crippen LogP contribution in [0.4, 0.5) is 39.0 Å². The molecule has 0 saturated carbocycles. The van der Waals surface area contributed by atoms with E-state index in [9.17, 15) is 44.8 Å². The Morgan fingerprint density at radius 1 is 0.883 bits per heavy atom. The van der Waals surface area contributed by atoms with E-state index in [1.54, 1.807) is 55.5 Å². The number of azo groups is 1. The highest BCUT2D eigenvalue weighted by atomic mass is 32.2. The van der Waals surface area contributed by atoms with Gasteiger partial charge < -0.3 is 20.4 Å². The normalized spacial score (nSPS) is 12.4. The van der Waals surface area contributed by atoms with Crippen molar-refractivity contribution in [2.24, 2.45) is 15.3 Å². The van der Waals surface area contributed by atoms with E-state index in [1.165, 1.54) is 23.1 Å². The Balaban J connectivity index is 1.57. The van der Waals surface area contributed by atoms with Gasteiger partial charge in [-0.05, 0) is 48.4 Å². The number of phenols is 1. The molecule has 0 saturated heterocycles. The predicted molar refractivity (Wildman–Crippen MR) is 218 cm³/mol. The average molecular weight is 886 g/mol. The minimum atomic E-state index is -4.50.